The highest BCUT2D eigenvalue weighted by Crippen LogP contribution is 2.40. The van der Waals surface area contributed by atoms with Crippen LogP contribution in [0.15, 0.2) is 18.2 Å². The smallest absolute Gasteiger partial charge is 0.223 e. The van der Waals surface area contributed by atoms with Crippen LogP contribution in [0.4, 0.5) is 0 Å². The molecule has 1 heterocycles. The summed E-state index contributed by atoms with van der Waals surface area (Å²) in [5.74, 6) is 2.33. The number of fused-ring (bicyclic) bond motifs is 1. The van der Waals surface area contributed by atoms with Crippen LogP contribution in [0.2, 0.25) is 0 Å². The van der Waals surface area contributed by atoms with Gasteiger partial charge < -0.3 is 9.88 Å². The summed E-state index contributed by atoms with van der Waals surface area (Å²) in [6, 6.07) is 6.34. The summed E-state index contributed by atoms with van der Waals surface area (Å²) in [5.41, 5.74) is 3.37. The van der Waals surface area contributed by atoms with Crippen LogP contribution < -0.4 is 5.32 Å². The molecule has 0 saturated heterocycles. The highest BCUT2D eigenvalue weighted by atomic mass is 16.1. The van der Waals surface area contributed by atoms with Gasteiger partial charge in [0.05, 0.1) is 11.0 Å². The van der Waals surface area contributed by atoms with E-state index in [2.05, 4.69) is 35.1 Å². The predicted molar refractivity (Wildman–Crippen MR) is 81.9 cm³/mol. The first-order valence-electron chi connectivity index (χ1n) is 7.95. The Morgan fingerprint density at radius 2 is 2.14 bits per heavy atom. The first kappa shape index (κ1) is 12.9. The van der Waals surface area contributed by atoms with Crippen LogP contribution in [-0.4, -0.2) is 15.5 Å². The molecule has 1 N–H and O–H groups in total. The van der Waals surface area contributed by atoms with E-state index in [1.807, 2.05) is 0 Å². The average Bonchev–Trinajstić information content (AvgIpc) is 3.20. The Labute approximate surface area is 124 Å². The molecule has 1 aromatic carbocycles. The monoisotopic (exact) mass is 283 g/mol. The summed E-state index contributed by atoms with van der Waals surface area (Å²) in [5, 5.41) is 3.05. The van der Waals surface area contributed by atoms with E-state index in [0.717, 1.165) is 23.9 Å². The topological polar surface area (TPSA) is 46.9 Å². The lowest BCUT2D eigenvalue weighted by Gasteiger charge is -2.24. The Kier molecular flexibility index (Phi) is 2.98. The molecule has 4 nitrogen and oxygen atoms in total. The largest absolute Gasteiger partial charge is 0.352 e. The fraction of sp³-hybridized carbons (Fsp3) is 0.529. The van der Waals surface area contributed by atoms with E-state index in [4.69, 9.17) is 4.98 Å². The van der Waals surface area contributed by atoms with Crippen LogP contribution in [0.3, 0.4) is 0 Å². The minimum atomic E-state index is 0.209. The number of hydrogen-bond donors (Lipinski definition) is 1. The number of hydrogen-bond acceptors (Lipinski definition) is 2. The third-order valence-corrected chi connectivity index (χ3v) is 4.87. The van der Waals surface area contributed by atoms with E-state index < -0.39 is 0 Å². The second-order valence-corrected chi connectivity index (χ2v) is 6.47. The number of nitrogens with one attached hydrogen (secondary N) is 1. The van der Waals surface area contributed by atoms with Gasteiger partial charge in [0.15, 0.2) is 0 Å². The van der Waals surface area contributed by atoms with Gasteiger partial charge in [0.2, 0.25) is 5.91 Å². The van der Waals surface area contributed by atoms with E-state index in [0.29, 0.717) is 12.5 Å². The molecule has 1 amide bonds. The van der Waals surface area contributed by atoms with Crippen molar-refractivity contribution in [2.24, 2.45) is 13.0 Å². The van der Waals surface area contributed by atoms with Crippen molar-refractivity contribution in [2.75, 3.05) is 0 Å². The minimum absolute atomic E-state index is 0.209. The lowest BCUT2D eigenvalue weighted by Crippen LogP contribution is -2.33. The Morgan fingerprint density at radius 1 is 1.33 bits per heavy atom. The van der Waals surface area contributed by atoms with Gasteiger partial charge in [0.25, 0.3) is 0 Å². The number of imidazole rings is 1. The molecule has 0 atom stereocenters. The normalized spacial score (nSPS) is 18.7. The maximum absolute atomic E-state index is 11.9. The summed E-state index contributed by atoms with van der Waals surface area (Å²) in [7, 11) is 2.10. The maximum Gasteiger partial charge on any atom is 0.223 e. The van der Waals surface area contributed by atoms with Crippen molar-refractivity contribution in [3.63, 3.8) is 0 Å². The van der Waals surface area contributed by atoms with Gasteiger partial charge in [-0.25, -0.2) is 4.98 Å². The van der Waals surface area contributed by atoms with E-state index in [-0.39, 0.29) is 11.8 Å². The number of carbonyl (C=O) groups excluding carboxylic acids is 1. The van der Waals surface area contributed by atoms with Gasteiger partial charge in [-0.3, -0.25) is 4.79 Å². The van der Waals surface area contributed by atoms with Crippen molar-refractivity contribution in [3.05, 3.63) is 29.6 Å². The second kappa shape index (κ2) is 4.86. The standard InChI is InChI=1S/C17H21N3O/c1-20-15-8-5-11(10-18-17(21)13-3-2-4-13)9-14(15)19-16(20)12-6-7-12/h5,8-9,12-13H,2-4,6-7,10H2,1H3,(H,18,21). The molecule has 4 heteroatoms. The quantitative estimate of drug-likeness (QED) is 0.938. The molecule has 0 spiro atoms. The van der Waals surface area contributed by atoms with Crippen LogP contribution >= 0.6 is 0 Å². The zero-order valence-corrected chi connectivity index (χ0v) is 12.4. The molecule has 21 heavy (non-hydrogen) atoms. The number of amides is 1. The molecule has 2 aromatic rings. The van der Waals surface area contributed by atoms with Gasteiger partial charge in [-0.2, -0.15) is 0 Å². The van der Waals surface area contributed by atoms with Crippen molar-refractivity contribution in [2.45, 2.75) is 44.6 Å². The van der Waals surface area contributed by atoms with E-state index in [9.17, 15) is 4.79 Å². The van der Waals surface area contributed by atoms with E-state index >= 15 is 0 Å². The van der Waals surface area contributed by atoms with Gasteiger partial charge in [-0.05, 0) is 43.4 Å². The Balaban J connectivity index is 1.51. The molecule has 110 valence electrons. The van der Waals surface area contributed by atoms with E-state index in [1.54, 1.807) is 0 Å². The summed E-state index contributed by atoms with van der Waals surface area (Å²) in [4.78, 5) is 16.7. The summed E-state index contributed by atoms with van der Waals surface area (Å²) in [6.07, 6.45) is 5.83. The molecular weight excluding hydrogens is 262 g/mol. The fourth-order valence-electron chi connectivity index (χ4n) is 3.08. The van der Waals surface area contributed by atoms with Gasteiger partial charge >= 0.3 is 0 Å². The number of benzene rings is 1. The second-order valence-electron chi connectivity index (χ2n) is 6.47. The highest BCUT2D eigenvalue weighted by Gasteiger charge is 2.28. The van der Waals surface area contributed by atoms with Crippen LogP contribution in [0.25, 0.3) is 11.0 Å². The molecule has 2 fully saturated rings. The molecule has 0 bridgehead atoms. The summed E-state index contributed by atoms with van der Waals surface area (Å²) >= 11 is 0. The Morgan fingerprint density at radius 3 is 2.81 bits per heavy atom. The third-order valence-electron chi connectivity index (χ3n) is 4.87. The summed E-state index contributed by atoms with van der Waals surface area (Å²) in [6.45, 7) is 0.612. The Bertz CT molecular complexity index is 695. The van der Waals surface area contributed by atoms with Crippen molar-refractivity contribution in [3.8, 4) is 0 Å². The number of aromatic nitrogens is 2. The van der Waals surface area contributed by atoms with Gasteiger partial charge in [-0.15, -0.1) is 0 Å². The average molecular weight is 283 g/mol. The van der Waals surface area contributed by atoms with Crippen LogP contribution in [0.1, 0.15) is 49.4 Å². The lowest BCUT2D eigenvalue weighted by atomic mass is 9.85. The fourth-order valence-corrected chi connectivity index (χ4v) is 3.08. The van der Waals surface area contributed by atoms with Crippen molar-refractivity contribution in [1.82, 2.24) is 14.9 Å². The van der Waals surface area contributed by atoms with Crippen molar-refractivity contribution >= 4 is 16.9 Å². The lowest BCUT2D eigenvalue weighted by molar-refractivity contribution is -0.127. The van der Waals surface area contributed by atoms with E-state index in [1.165, 1.54) is 30.6 Å². The van der Waals surface area contributed by atoms with Gasteiger partial charge in [0, 0.05) is 25.4 Å². The Hall–Kier alpha value is -1.84. The number of nitrogens with zero attached hydrogens (tertiary/aromatic N) is 2. The zero-order chi connectivity index (χ0) is 14.4. The maximum atomic E-state index is 11.9. The number of aryl methyl sites for hydroxylation is 1. The molecule has 1 aromatic heterocycles. The van der Waals surface area contributed by atoms with Crippen LogP contribution in [0, 0.1) is 5.92 Å². The van der Waals surface area contributed by atoms with Crippen molar-refractivity contribution in [1.29, 1.82) is 0 Å². The molecule has 0 aliphatic heterocycles. The summed E-state index contributed by atoms with van der Waals surface area (Å²) < 4.78 is 2.21. The predicted octanol–water partition coefficient (Wildman–Crippen LogP) is 2.87. The molecule has 0 radical (unpaired) electrons. The number of carbonyl (C=O) groups is 1. The van der Waals surface area contributed by atoms with Gasteiger partial charge in [-0.1, -0.05) is 12.5 Å². The first-order chi connectivity index (χ1) is 10.2. The van der Waals surface area contributed by atoms with Crippen LogP contribution in [0.5, 0.6) is 0 Å². The SMILES string of the molecule is Cn1c(C2CC2)nc2cc(CNC(=O)C3CCC3)ccc21. The van der Waals surface area contributed by atoms with Gasteiger partial charge in [0.1, 0.15) is 5.82 Å². The minimum Gasteiger partial charge on any atom is -0.352 e. The molecular formula is C17H21N3O. The highest BCUT2D eigenvalue weighted by molar-refractivity contribution is 5.80. The molecule has 2 aliphatic carbocycles. The molecule has 2 aliphatic rings. The van der Waals surface area contributed by atoms with Crippen LogP contribution in [-0.2, 0) is 18.4 Å². The molecule has 0 unspecified atom stereocenters. The zero-order valence-electron chi connectivity index (χ0n) is 12.4. The van der Waals surface area contributed by atoms with Crippen molar-refractivity contribution < 1.29 is 4.79 Å². The molecule has 4 rings (SSSR count). The third kappa shape index (κ3) is 2.33. The number of rotatable bonds is 4. The molecule has 2 saturated carbocycles. The first-order valence-corrected chi connectivity index (χ1v) is 7.95.